The lowest BCUT2D eigenvalue weighted by molar-refractivity contribution is -0.116. The first-order valence-corrected chi connectivity index (χ1v) is 8.58. The number of amides is 2. The minimum Gasteiger partial charge on any atom is -0.462 e. The summed E-state index contributed by atoms with van der Waals surface area (Å²) >= 11 is 0. The molecule has 0 saturated carbocycles. The highest BCUT2D eigenvalue weighted by atomic mass is 16.5. The molecule has 2 amide bonds. The third kappa shape index (κ3) is 4.72. The maximum absolute atomic E-state index is 12.7. The zero-order valence-corrected chi connectivity index (χ0v) is 16.2. The molecule has 0 spiro atoms. The fourth-order valence-corrected chi connectivity index (χ4v) is 2.74. The zero-order chi connectivity index (χ0) is 20.1. The van der Waals surface area contributed by atoms with Gasteiger partial charge < -0.3 is 19.9 Å². The molecule has 2 aromatic rings. The number of ether oxygens (including phenoxy) is 1. The van der Waals surface area contributed by atoms with Gasteiger partial charge in [-0.3, -0.25) is 9.59 Å². The molecule has 0 unspecified atom stereocenters. The standard InChI is InChI=1S/C19H24N4O4/c1-6-27-19(26)16-12(3)17(21-13(16)4)18(25)23(5)10-15(24)22-14-9-11(2)7-8-20-14/h7-9,21H,6,10H2,1-5H3,(H,20,22,24). The quantitative estimate of drug-likeness (QED) is 0.757. The monoisotopic (exact) mass is 372 g/mol. The number of H-pyrrole nitrogens is 1. The minimum absolute atomic E-state index is 0.152. The predicted molar refractivity (Wildman–Crippen MR) is 101 cm³/mol. The fourth-order valence-electron chi connectivity index (χ4n) is 2.74. The van der Waals surface area contributed by atoms with Gasteiger partial charge in [-0.1, -0.05) is 0 Å². The molecule has 27 heavy (non-hydrogen) atoms. The first-order valence-electron chi connectivity index (χ1n) is 8.58. The molecular formula is C19H24N4O4. The summed E-state index contributed by atoms with van der Waals surface area (Å²) in [7, 11) is 1.52. The number of carbonyl (C=O) groups excluding carboxylic acids is 3. The van der Waals surface area contributed by atoms with E-state index in [9.17, 15) is 14.4 Å². The topological polar surface area (TPSA) is 104 Å². The average Bonchev–Trinajstić information content (AvgIpc) is 2.88. The molecule has 2 heterocycles. The second-order valence-electron chi connectivity index (χ2n) is 6.27. The number of hydrogen-bond donors (Lipinski definition) is 2. The van der Waals surface area contributed by atoms with E-state index in [1.165, 1.54) is 11.9 Å². The summed E-state index contributed by atoms with van der Waals surface area (Å²) in [5, 5.41) is 2.66. The van der Waals surface area contributed by atoms with Crippen molar-refractivity contribution in [3.8, 4) is 0 Å². The van der Waals surface area contributed by atoms with E-state index in [1.807, 2.05) is 13.0 Å². The van der Waals surface area contributed by atoms with Crippen molar-refractivity contribution in [3.05, 3.63) is 46.4 Å². The van der Waals surface area contributed by atoms with E-state index in [1.54, 1.807) is 33.0 Å². The van der Waals surface area contributed by atoms with Gasteiger partial charge in [0, 0.05) is 18.9 Å². The number of carbonyl (C=O) groups is 3. The Morgan fingerprint density at radius 2 is 1.96 bits per heavy atom. The molecule has 144 valence electrons. The lowest BCUT2D eigenvalue weighted by atomic mass is 10.1. The molecule has 0 radical (unpaired) electrons. The second-order valence-corrected chi connectivity index (χ2v) is 6.27. The lowest BCUT2D eigenvalue weighted by Crippen LogP contribution is -2.35. The third-order valence-corrected chi connectivity index (χ3v) is 4.04. The van der Waals surface area contributed by atoms with Crippen LogP contribution in [0, 0.1) is 20.8 Å². The van der Waals surface area contributed by atoms with Gasteiger partial charge in [0.1, 0.15) is 11.5 Å². The van der Waals surface area contributed by atoms with Gasteiger partial charge in [-0.05, 0) is 51.0 Å². The zero-order valence-electron chi connectivity index (χ0n) is 16.2. The predicted octanol–water partition coefficient (Wildman–Crippen LogP) is 2.22. The van der Waals surface area contributed by atoms with E-state index in [0.29, 0.717) is 22.6 Å². The number of aromatic amines is 1. The van der Waals surface area contributed by atoms with E-state index in [-0.39, 0.29) is 24.8 Å². The van der Waals surface area contributed by atoms with Crippen LogP contribution in [0.1, 0.15) is 44.6 Å². The first kappa shape index (κ1) is 20.2. The molecule has 0 bridgehead atoms. The molecular weight excluding hydrogens is 348 g/mol. The number of rotatable bonds is 6. The van der Waals surface area contributed by atoms with Crippen LogP contribution in [0.25, 0.3) is 0 Å². The van der Waals surface area contributed by atoms with Crippen molar-refractivity contribution >= 4 is 23.6 Å². The summed E-state index contributed by atoms with van der Waals surface area (Å²) < 4.78 is 5.03. The highest BCUT2D eigenvalue weighted by molar-refractivity contribution is 6.02. The highest BCUT2D eigenvalue weighted by Crippen LogP contribution is 2.20. The first-order chi connectivity index (χ1) is 12.7. The fraction of sp³-hybridized carbons (Fsp3) is 0.368. The van der Waals surface area contributed by atoms with Crippen LogP contribution in [0.15, 0.2) is 18.3 Å². The number of anilines is 1. The van der Waals surface area contributed by atoms with Crippen LogP contribution in [-0.2, 0) is 9.53 Å². The summed E-state index contributed by atoms with van der Waals surface area (Å²) in [4.78, 5) is 45.2. The van der Waals surface area contributed by atoms with Crippen molar-refractivity contribution in [2.24, 2.45) is 0 Å². The van der Waals surface area contributed by atoms with E-state index in [4.69, 9.17) is 4.74 Å². The van der Waals surface area contributed by atoms with Gasteiger partial charge in [0.15, 0.2) is 0 Å². The molecule has 0 saturated heterocycles. The van der Waals surface area contributed by atoms with Gasteiger partial charge in [-0.25, -0.2) is 9.78 Å². The number of hydrogen-bond acceptors (Lipinski definition) is 5. The summed E-state index contributed by atoms with van der Waals surface area (Å²) in [5.74, 6) is -0.805. The number of likely N-dealkylation sites (N-methyl/N-ethyl adjacent to an activating group) is 1. The van der Waals surface area contributed by atoms with Crippen molar-refractivity contribution < 1.29 is 19.1 Å². The van der Waals surface area contributed by atoms with E-state index >= 15 is 0 Å². The number of aryl methyl sites for hydroxylation is 2. The van der Waals surface area contributed by atoms with Gasteiger partial charge in [0.05, 0.1) is 18.7 Å². The Bertz CT molecular complexity index is 873. The van der Waals surface area contributed by atoms with E-state index in [2.05, 4.69) is 15.3 Å². The third-order valence-electron chi connectivity index (χ3n) is 4.04. The molecule has 0 aromatic carbocycles. The van der Waals surface area contributed by atoms with Crippen LogP contribution in [0.5, 0.6) is 0 Å². The van der Waals surface area contributed by atoms with Crippen LogP contribution in [-0.4, -0.2) is 52.9 Å². The van der Waals surface area contributed by atoms with Crippen LogP contribution >= 0.6 is 0 Å². The molecule has 0 aliphatic heterocycles. The molecule has 2 aromatic heterocycles. The smallest absolute Gasteiger partial charge is 0.340 e. The number of aromatic nitrogens is 2. The van der Waals surface area contributed by atoms with Crippen molar-refractivity contribution in [1.82, 2.24) is 14.9 Å². The van der Waals surface area contributed by atoms with Crippen LogP contribution in [0.3, 0.4) is 0 Å². The molecule has 0 fully saturated rings. The number of pyridine rings is 1. The maximum atomic E-state index is 12.7. The largest absolute Gasteiger partial charge is 0.462 e. The van der Waals surface area contributed by atoms with Crippen LogP contribution in [0.2, 0.25) is 0 Å². The Morgan fingerprint density at radius 1 is 1.26 bits per heavy atom. The molecule has 0 aliphatic carbocycles. The van der Waals surface area contributed by atoms with E-state index < -0.39 is 11.9 Å². The van der Waals surface area contributed by atoms with E-state index in [0.717, 1.165) is 5.56 Å². The Balaban J connectivity index is 2.10. The van der Waals surface area contributed by atoms with Crippen molar-refractivity contribution in [2.75, 3.05) is 25.5 Å². The number of nitrogens with one attached hydrogen (secondary N) is 2. The summed E-state index contributed by atoms with van der Waals surface area (Å²) in [5.41, 5.74) is 2.63. The number of esters is 1. The van der Waals surface area contributed by atoms with Crippen molar-refractivity contribution in [3.63, 3.8) is 0 Å². The molecule has 0 aliphatic rings. The second kappa shape index (κ2) is 8.48. The van der Waals surface area contributed by atoms with Gasteiger partial charge in [-0.2, -0.15) is 0 Å². The van der Waals surface area contributed by atoms with Gasteiger partial charge >= 0.3 is 5.97 Å². The minimum atomic E-state index is -0.478. The van der Waals surface area contributed by atoms with Crippen LogP contribution < -0.4 is 5.32 Å². The van der Waals surface area contributed by atoms with Gasteiger partial charge in [-0.15, -0.1) is 0 Å². The average molecular weight is 372 g/mol. The lowest BCUT2D eigenvalue weighted by Gasteiger charge is -2.16. The van der Waals surface area contributed by atoms with Crippen LogP contribution in [0.4, 0.5) is 5.82 Å². The molecule has 0 atom stereocenters. The Hall–Kier alpha value is -3.16. The van der Waals surface area contributed by atoms with Crippen molar-refractivity contribution in [2.45, 2.75) is 27.7 Å². The summed E-state index contributed by atoms with van der Waals surface area (Å²) in [6.07, 6.45) is 1.60. The maximum Gasteiger partial charge on any atom is 0.340 e. The van der Waals surface area contributed by atoms with Gasteiger partial charge in [0.2, 0.25) is 5.91 Å². The number of nitrogens with zero attached hydrogens (tertiary/aromatic N) is 2. The summed E-state index contributed by atoms with van der Waals surface area (Å²) in [6, 6.07) is 3.56. The molecule has 8 nitrogen and oxygen atoms in total. The summed E-state index contributed by atoms with van der Waals surface area (Å²) in [6.45, 7) is 7.08. The Morgan fingerprint density at radius 3 is 2.59 bits per heavy atom. The molecule has 2 N–H and O–H groups in total. The SMILES string of the molecule is CCOC(=O)c1c(C)[nH]c(C(=O)N(C)CC(=O)Nc2cc(C)ccn2)c1C. The molecule has 2 rings (SSSR count). The Kier molecular flexibility index (Phi) is 6.33. The van der Waals surface area contributed by atoms with Crippen molar-refractivity contribution in [1.29, 1.82) is 0 Å². The van der Waals surface area contributed by atoms with Gasteiger partial charge in [0.25, 0.3) is 5.91 Å². The normalized spacial score (nSPS) is 10.4. The highest BCUT2D eigenvalue weighted by Gasteiger charge is 2.25. The molecule has 8 heteroatoms. The Labute approximate surface area is 157 Å².